The van der Waals surface area contributed by atoms with Crippen molar-refractivity contribution >= 4 is 38.2 Å². The molecule has 0 N–H and O–H groups in total. The third kappa shape index (κ3) is 3.58. The fraction of sp³-hybridized carbons (Fsp3) is 0.667. The zero-order chi connectivity index (χ0) is 20.6. The average molecular weight is 430 g/mol. The second kappa shape index (κ2) is 8.10. The van der Waals surface area contributed by atoms with Gasteiger partial charge in [0.15, 0.2) is 0 Å². The minimum atomic E-state index is -3.38. The lowest BCUT2D eigenvalue weighted by Crippen LogP contribution is -2.41. The van der Waals surface area contributed by atoms with Crippen molar-refractivity contribution in [1.82, 2.24) is 9.21 Å². The maximum Gasteiger partial charge on any atom is 0.257 e. The molecule has 1 atom stereocenters. The number of anilines is 1. The van der Waals surface area contributed by atoms with Crippen LogP contribution >= 0.6 is 11.3 Å². The van der Waals surface area contributed by atoms with Crippen LogP contribution in [0.2, 0.25) is 0 Å². The molecule has 2 aliphatic rings. The van der Waals surface area contributed by atoms with Gasteiger partial charge in [-0.05, 0) is 25.3 Å². The third-order valence-corrected chi connectivity index (χ3v) is 9.07. The first kappa shape index (κ1) is 21.2. The molecule has 1 unspecified atom stereocenters. The van der Waals surface area contributed by atoms with Crippen LogP contribution in [-0.2, 0) is 32.5 Å². The SMILES string of the molecule is CCC(C)S(=O)(=O)N1CCc2c(sc3c2C(=O)N(C)CC(=O)N3CCOC)C1. The van der Waals surface area contributed by atoms with E-state index in [1.807, 2.05) is 6.92 Å². The molecule has 3 rings (SSSR count). The van der Waals surface area contributed by atoms with Gasteiger partial charge in [0.2, 0.25) is 15.9 Å². The number of sulfonamides is 1. The summed E-state index contributed by atoms with van der Waals surface area (Å²) in [5.41, 5.74) is 1.43. The first-order chi connectivity index (χ1) is 13.2. The summed E-state index contributed by atoms with van der Waals surface area (Å²) in [6.45, 7) is 4.93. The summed E-state index contributed by atoms with van der Waals surface area (Å²) >= 11 is 1.35. The molecule has 0 fully saturated rings. The normalized spacial score (nSPS) is 19.4. The van der Waals surface area contributed by atoms with Crippen molar-refractivity contribution < 1.29 is 22.7 Å². The van der Waals surface area contributed by atoms with E-state index in [-0.39, 0.29) is 24.9 Å². The number of hydrogen-bond donors (Lipinski definition) is 0. The Bertz CT molecular complexity index is 880. The van der Waals surface area contributed by atoms with E-state index < -0.39 is 15.3 Å². The smallest absolute Gasteiger partial charge is 0.257 e. The molecule has 8 nitrogen and oxygen atoms in total. The molecule has 0 bridgehead atoms. The first-order valence-corrected chi connectivity index (χ1v) is 11.7. The van der Waals surface area contributed by atoms with Crippen molar-refractivity contribution in [3.8, 4) is 0 Å². The summed E-state index contributed by atoms with van der Waals surface area (Å²) in [7, 11) is -0.194. The fourth-order valence-electron chi connectivity index (χ4n) is 3.53. The minimum Gasteiger partial charge on any atom is -0.383 e. The summed E-state index contributed by atoms with van der Waals surface area (Å²) in [6, 6.07) is 0. The molecule has 0 radical (unpaired) electrons. The van der Waals surface area contributed by atoms with Crippen LogP contribution in [0.3, 0.4) is 0 Å². The van der Waals surface area contributed by atoms with Gasteiger partial charge in [-0.3, -0.25) is 14.5 Å². The topological polar surface area (TPSA) is 87.2 Å². The van der Waals surface area contributed by atoms with Crippen molar-refractivity contribution in [3.05, 3.63) is 16.0 Å². The number of rotatable bonds is 6. The van der Waals surface area contributed by atoms with Gasteiger partial charge in [-0.15, -0.1) is 11.3 Å². The monoisotopic (exact) mass is 429 g/mol. The van der Waals surface area contributed by atoms with Gasteiger partial charge in [0, 0.05) is 32.1 Å². The van der Waals surface area contributed by atoms with E-state index in [9.17, 15) is 18.0 Å². The Hall–Kier alpha value is -1.49. The van der Waals surface area contributed by atoms with Crippen LogP contribution in [0.25, 0.3) is 0 Å². The van der Waals surface area contributed by atoms with E-state index in [4.69, 9.17) is 4.74 Å². The Morgan fingerprint density at radius 1 is 1.25 bits per heavy atom. The molecule has 2 amide bonds. The molecule has 3 heterocycles. The molecule has 1 aromatic heterocycles. The van der Waals surface area contributed by atoms with Crippen LogP contribution in [0.4, 0.5) is 5.00 Å². The molecule has 0 spiro atoms. The lowest BCUT2D eigenvalue weighted by atomic mass is 10.0. The maximum absolute atomic E-state index is 13.0. The highest BCUT2D eigenvalue weighted by Crippen LogP contribution is 2.41. The Balaban J connectivity index is 2.02. The number of amides is 2. The Labute approximate surface area is 170 Å². The summed E-state index contributed by atoms with van der Waals surface area (Å²) in [4.78, 5) is 29.5. The molecular weight excluding hydrogens is 402 g/mol. The number of hydrogen-bond acceptors (Lipinski definition) is 6. The van der Waals surface area contributed by atoms with Crippen LogP contribution in [0, 0.1) is 0 Å². The highest BCUT2D eigenvalue weighted by atomic mass is 32.2. The molecule has 1 aromatic rings. The van der Waals surface area contributed by atoms with Crippen molar-refractivity contribution in [3.63, 3.8) is 0 Å². The van der Waals surface area contributed by atoms with Crippen LogP contribution in [0.1, 0.15) is 41.1 Å². The number of ether oxygens (including phenoxy) is 1. The summed E-state index contributed by atoms with van der Waals surface area (Å²) in [5.74, 6) is -0.340. The Morgan fingerprint density at radius 3 is 2.61 bits per heavy atom. The van der Waals surface area contributed by atoms with Crippen molar-refractivity contribution in [2.24, 2.45) is 0 Å². The van der Waals surface area contributed by atoms with Crippen LogP contribution < -0.4 is 4.90 Å². The van der Waals surface area contributed by atoms with Crippen LogP contribution in [0.5, 0.6) is 0 Å². The van der Waals surface area contributed by atoms with E-state index in [2.05, 4.69) is 0 Å². The lowest BCUT2D eigenvalue weighted by molar-refractivity contribution is -0.119. The van der Waals surface area contributed by atoms with E-state index >= 15 is 0 Å². The number of fused-ring (bicyclic) bond motifs is 3. The molecule has 0 saturated heterocycles. The van der Waals surface area contributed by atoms with E-state index in [0.29, 0.717) is 43.1 Å². The molecule has 156 valence electrons. The zero-order valence-corrected chi connectivity index (χ0v) is 18.4. The first-order valence-electron chi connectivity index (χ1n) is 9.40. The second-order valence-electron chi connectivity index (χ2n) is 7.23. The summed E-state index contributed by atoms with van der Waals surface area (Å²) in [5, 5.41) is 0.170. The van der Waals surface area contributed by atoms with Gasteiger partial charge in [0.05, 0.1) is 24.0 Å². The minimum absolute atomic E-state index is 0.0211. The standard InChI is InChI=1S/C18H27N3O5S2/c1-5-12(2)28(24,25)20-7-6-13-14(10-20)27-18-16(13)17(23)19(3)11-15(22)21(18)8-9-26-4/h12H,5-11H2,1-4H3. The van der Waals surface area contributed by atoms with Gasteiger partial charge in [-0.1, -0.05) is 6.92 Å². The van der Waals surface area contributed by atoms with Gasteiger partial charge in [-0.25, -0.2) is 8.42 Å². The average Bonchev–Trinajstić information content (AvgIpc) is 3.01. The highest BCUT2D eigenvalue weighted by Gasteiger charge is 2.39. The summed E-state index contributed by atoms with van der Waals surface area (Å²) in [6.07, 6.45) is 1.03. The third-order valence-electron chi connectivity index (χ3n) is 5.44. The highest BCUT2D eigenvalue weighted by molar-refractivity contribution is 7.89. The van der Waals surface area contributed by atoms with Crippen LogP contribution in [-0.4, -0.2) is 75.1 Å². The summed E-state index contributed by atoms with van der Waals surface area (Å²) < 4.78 is 32.2. The lowest BCUT2D eigenvalue weighted by Gasteiger charge is -2.29. The molecule has 10 heteroatoms. The van der Waals surface area contributed by atoms with E-state index in [1.54, 1.807) is 26.0 Å². The number of likely N-dealkylation sites (N-methyl/N-ethyl adjacent to an activating group) is 1. The Morgan fingerprint density at radius 2 is 1.96 bits per heavy atom. The number of nitrogens with zero attached hydrogens (tertiary/aromatic N) is 3. The van der Waals surface area contributed by atoms with Gasteiger partial charge in [0.25, 0.3) is 5.91 Å². The zero-order valence-electron chi connectivity index (χ0n) is 16.7. The predicted octanol–water partition coefficient (Wildman–Crippen LogP) is 1.30. The number of carbonyl (C=O) groups excluding carboxylic acids is 2. The number of thiophene rings is 1. The molecule has 28 heavy (non-hydrogen) atoms. The van der Waals surface area contributed by atoms with Gasteiger partial charge in [-0.2, -0.15) is 4.31 Å². The van der Waals surface area contributed by atoms with Gasteiger partial charge < -0.3 is 9.64 Å². The quantitative estimate of drug-likeness (QED) is 0.680. The van der Waals surface area contributed by atoms with Crippen molar-refractivity contribution in [2.45, 2.75) is 38.5 Å². The maximum atomic E-state index is 13.0. The molecule has 0 aromatic carbocycles. The number of methoxy groups -OCH3 is 1. The Kier molecular flexibility index (Phi) is 6.14. The number of carbonyl (C=O) groups is 2. The van der Waals surface area contributed by atoms with Crippen LogP contribution in [0.15, 0.2) is 0 Å². The molecule has 0 saturated carbocycles. The predicted molar refractivity (Wildman–Crippen MR) is 108 cm³/mol. The fourth-order valence-corrected chi connectivity index (χ4v) is 6.60. The van der Waals surface area contributed by atoms with E-state index in [1.165, 1.54) is 20.5 Å². The van der Waals surface area contributed by atoms with Gasteiger partial charge in [0.1, 0.15) is 11.5 Å². The molecular formula is C18H27N3O5S2. The van der Waals surface area contributed by atoms with Crippen molar-refractivity contribution in [2.75, 3.05) is 45.3 Å². The van der Waals surface area contributed by atoms with E-state index in [0.717, 1.165) is 10.4 Å². The molecule has 0 aliphatic carbocycles. The van der Waals surface area contributed by atoms with Gasteiger partial charge >= 0.3 is 0 Å². The second-order valence-corrected chi connectivity index (χ2v) is 10.7. The van der Waals surface area contributed by atoms with Crippen molar-refractivity contribution in [1.29, 1.82) is 0 Å². The largest absolute Gasteiger partial charge is 0.383 e. The molecule has 2 aliphatic heterocycles.